The van der Waals surface area contributed by atoms with Crippen LogP contribution in [-0.4, -0.2) is 15.0 Å². The first-order valence-electron chi connectivity index (χ1n) is 20.0. The second-order valence-corrected chi connectivity index (χ2v) is 17.0. The third-order valence-electron chi connectivity index (χ3n) is 12.2. The van der Waals surface area contributed by atoms with Crippen molar-refractivity contribution in [3.05, 3.63) is 187 Å². The molecule has 11 aromatic rings. The van der Waals surface area contributed by atoms with Gasteiger partial charge in [0.25, 0.3) is 0 Å². The van der Waals surface area contributed by atoms with Crippen molar-refractivity contribution in [2.75, 3.05) is 0 Å². The summed E-state index contributed by atoms with van der Waals surface area (Å²) in [7, 11) is 0. The largest absolute Gasteiger partial charge is 0.456 e. The molecular weight excluding hydrogens is 739 g/mol. The lowest BCUT2D eigenvalue weighted by Crippen LogP contribution is -2.14. The highest BCUT2D eigenvalue weighted by Gasteiger charge is 2.35. The number of hydrogen-bond acceptors (Lipinski definition) is 5. The van der Waals surface area contributed by atoms with E-state index in [1.165, 1.54) is 43.3 Å². The van der Waals surface area contributed by atoms with E-state index in [1.54, 1.807) is 11.3 Å². The van der Waals surface area contributed by atoms with Gasteiger partial charge < -0.3 is 4.42 Å². The second kappa shape index (κ2) is 12.9. The summed E-state index contributed by atoms with van der Waals surface area (Å²) in [5.74, 6) is 1.86. The van der Waals surface area contributed by atoms with E-state index in [2.05, 4.69) is 172 Å². The number of rotatable bonds is 5. The third-order valence-corrected chi connectivity index (χ3v) is 13.4. The summed E-state index contributed by atoms with van der Waals surface area (Å²) in [6.45, 7) is 4.66. The molecule has 3 heterocycles. The fourth-order valence-electron chi connectivity index (χ4n) is 9.21. The van der Waals surface area contributed by atoms with Gasteiger partial charge in [-0.2, -0.15) is 0 Å². The van der Waals surface area contributed by atoms with Gasteiger partial charge in [-0.15, -0.1) is 11.3 Å². The Morgan fingerprint density at radius 1 is 0.407 bits per heavy atom. The van der Waals surface area contributed by atoms with E-state index in [0.717, 1.165) is 60.0 Å². The molecule has 0 radical (unpaired) electrons. The van der Waals surface area contributed by atoms with E-state index in [4.69, 9.17) is 19.4 Å². The Kier molecular flexibility index (Phi) is 7.41. The predicted octanol–water partition coefficient (Wildman–Crippen LogP) is 14.8. The van der Waals surface area contributed by atoms with E-state index < -0.39 is 0 Å². The molecule has 5 heteroatoms. The molecule has 0 amide bonds. The molecule has 1 aliphatic carbocycles. The summed E-state index contributed by atoms with van der Waals surface area (Å²) in [4.78, 5) is 15.9. The average molecular weight is 774 g/mol. The quantitative estimate of drug-likeness (QED) is 0.175. The van der Waals surface area contributed by atoms with Gasteiger partial charge in [0.05, 0.1) is 0 Å². The zero-order chi connectivity index (χ0) is 39.2. The molecule has 0 unspecified atom stereocenters. The standard InChI is InChI=1S/C54H35N3OS/c1-54(2)44-22-8-6-17-37(44)38-27-25-35(31-45(38)54)34-26-28-46-43(30-34)49-41(20-12-23-47(49)58-46)52-55-51(36-16-10-15-33(29-36)32-13-4-3-5-14-32)56-53(57-52)42-21-11-19-40-39-18-7-9-24-48(39)59-50(40)42/h3-31H,1-2H3. The highest BCUT2D eigenvalue weighted by atomic mass is 32.1. The van der Waals surface area contributed by atoms with Gasteiger partial charge in [-0.3, -0.25) is 0 Å². The van der Waals surface area contributed by atoms with E-state index in [0.29, 0.717) is 17.5 Å². The average Bonchev–Trinajstić information content (AvgIpc) is 3.94. The molecule has 0 bridgehead atoms. The van der Waals surface area contributed by atoms with Gasteiger partial charge in [0.1, 0.15) is 11.2 Å². The number of hydrogen-bond donors (Lipinski definition) is 0. The van der Waals surface area contributed by atoms with Crippen molar-refractivity contribution >= 4 is 53.4 Å². The van der Waals surface area contributed by atoms with Crippen LogP contribution < -0.4 is 0 Å². The highest BCUT2D eigenvalue weighted by Crippen LogP contribution is 2.50. The smallest absolute Gasteiger partial charge is 0.165 e. The molecule has 8 aromatic carbocycles. The molecule has 1 aliphatic rings. The minimum atomic E-state index is -0.0869. The molecule has 0 spiro atoms. The van der Waals surface area contributed by atoms with E-state index >= 15 is 0 Å². The van der Waals surface area contributed by atoms with Gasteiger partial charge in [0.2, 0.25) is 0 Å². The normalized spacial score (nSPS) is 13.1. The Balaban J connectivity index is 1.06. The van der Waals surface area contributed by atoms with Crippen LogP contribution >= 0.6 is 11.3 Å². The molecule has 0 saturated heterocycles. The number of nitrogens with zero attached hydrogens (tertiary/aromatic N) is 3. The third kappa shape index (κ3) is 5.32. The van der Waals surface area contributed by atoms with Crippen LogP contribution in [0.3, 0.4) is 0 Å². The summed E-state index contributed by atoms with van der Waals surface area (Å²) < 4.78 is 8.97. The van der Waals surface area contributed by atoms with Gasteiger partial charge in [0.15, 0.2) is 17.5 Å². The van der Waals surface area contributed by atoms with Crippen LogP contribution in [0.5, 0.6) is 0 Å². The van der Waals surface area contributed by atoms with Gasteiger partial charge in [-0.1, -0.05) is 147 Å². The van der Waals surface area contributed by atoms with Crippen LogP contribution in [0, 0.1) is 0 Å². The van der Waals surface area contributed by atoms with Crippen molar-refractivity contribution in [3.63, 3.8) is 0 Å². The number of thiophene rings is 1. The lowest BCUT2D eigenvalue weighted by molar-refractivity contribution is 0.660. The van der Waals surface area contributed by atoms with Crippen LogP contribution in [0.1, 0.15) is 25.0 Å². The Bertz CT molecular complexity index is 3490. The maximum absolute atomic E-state index is 6.57. The summed E-state index contributed by atoms with van der Waals surface area (Å²) in [5, 5.41) is 4.45. The highest BCUT2D eigenvalue weighted by molar-refractivity contribution is 7.26. The molecule has 0 atom stereocenters. The summed E-state index contributed by atoms with van der Waals surface area (Å²) in [5.41, 5.74) is 14.3. The zero-order valence-electron chi connectivity index (χ0n) is 32.4. The molecule has 278 valence electrons. The minimum absolute atomic E-state index is 0.0869. The SMILES string of the molecule is CC1(C)c2ccccc2-c2ccc(-c3ccc4oc5cccc(-c6nc(-c7cccc(-c8ccccc8)c7)nc(-c7cccc8c7sc7ccccc78)n6)c5c4c3)cc21. The number of furan rings is 1. The maximum atomic E-state index is 6.57. The topological polar surface area (TPSA) is 51.8 Å². The second-order valence-electron chi connectivity index (χ2n) is 16.0. The molecule has 0 N–H and O–H groups in total. The molecule has 3 aromatic heterocycles. The number of aromatic nitrogens is 3. The molecule has 0 saturated carbocycles. The van der Waals surface area contributed by atoms with Crippen molar-refractivity contribution in [1.82, 2.24) is 15.0 Å². The Morgan fingerprint density at radius 3 is 1.95 bits per heavy atom. The summed E-state index contributed by atoms with van der Waals surface area (Å²) in [6.07, 6.45) is 0. The number of fused-ring (bicyclic) bond motifs is 9. The number of benzene rings is 8. The molecule has 59 heavy (non-hydrogen) atoms. The van der Waals surface area contributed by atoms with Crippen LogP contribution in [0.15, 0.2) is 180 Å². The first-order chi connectivity index (χ1) is 29.0. The fraction of sp³-hybridized carbons (Fsp3) is 0.0556. The zero-order valence-corrected chi connectivity index (χ0v) is 33.2. The first-order valence-corrected chi connectivity index (χ1v) is 20.8. The summed E-state index contributed by atoms with van der Waals surface area (Å²) >= 11 is 1.78. The maximum Gasteiger partial charge on any atom is 0.165 e. The Labute approximate surface area is 345 Å². The van der Waals surface area contributed by atoms with E-state index in [1.807, 2.05) is 18.2 Å². The van der Waals surface area contributed by atoms with Gasteiger partial charge in [0, 0.05) is 53.1 Å². The first kappa shape index (κ1) is 33.9. The fourth-order valence-corrected chi connectivity index (χ4v) is 10.4. The lowest BCUT2D eigenvalue weighted by atomic mass is 9.81. The monoisotopic (exact) mass is 773 g/mol. The van der Waals surface area contributed by atoms with Crippen molar-refractivity contribution < 1.29 is 4.42 Å². The van der Waals surface area contributed by atoms with E-state index in [-0.39, 0.29) is 5.41 Å². The molecule has 0 aliphatic heterocycles. The predicted molar refractivity (Wildman–Crippen MR) is 245 cm³/mol. The van der Waals surface area contributed by atoms with Crippen LogP contribution in [0.2, 0.25) is 0 Å². The Hall–Kier alpha value is -7.21. The summed E-state index contributed by atoms with van der Waals surface area (Å²) in [6, 6.07) is 62.4. The van der Waals surface area contributed by atoms with Crippen molar-refractivity contribution in [2.45, 2.75) is 19.3 Å². The van der Waals surface area contributed by atoms with Crippen LogP contribution in [-0.2, 0) is 5.41 Å². The van der Waals surface area contributed by atoms with Crippen LogP contribution in [0.4, 0.5) is 0 Å². The van der Waals surface area contributed by atoms with E-state index in [9.17, 15) is 0 Å². The molecule has 12 rings (SSSR count). The van der Waals surface area contributed by atoms with Gasteiger partial charge >= 0.3 is 0 Å². The molecule has 4 nitrogen and oxygen atoms in total. The van der Waals surface area contributed by atoms with Gasteiger partial charge in [-0.25, -0.2) is 15.0 Å². The minimum Gasteiger partial charge on any atom is -0.456 e. The van der Waals surface area contributed by atoms with Crippen LogP contribution in [0.25, 0.3) is 110 Å². The molecular formula is C54H35N3OS. The van der Waals surface area contributed by atoms with Gasteiger partial charge in [-0.05, 0) is 87.0 Å². The lowest BCUT2D eigenvalue weighted by Gasteiger charge is -2.22. The van der Waals surface area contributed by atoms with Crippen molar-refractivity contribution in [3.8, 4) is 67.5 Å². The van der Waals surface area contributed by atoms with Crippen molar-refractivity contribution in [2.24, 2.45) is 0 Å². The molecule has 0 fully saturated rings. The Morgan fingerprint density at radius 2 is 1.03 bits per heavy atom. The van der Waals surface area contributed by atoms with Crippen molar-refractivity contribution in [1.29, 1.82) is 0 Å².